The van der Waals surface area contributed by atoms with Gasteiger partial charge >= 0.3 is 17.2 Å². The van der Waals surface area contributed by atoms with Crippen LogP contribution in [0.1, 0.15) is 34.1 Å². The number of H-pyrrole nitrogens is 1. The van der Waals surface area contributed by atoms with Gasteiger partial charge in [0.25, 0.3) is 0 Å². The summed E-state index contributed by atoms with van der Waals surface area (Å²) in [7, 11) is 0. The van der Waals surface area contributed by atoms with Crippen LogP contribution in [-0.2, 0) is 11.3 Å². The van der Waals surface area contributed by atoms with E-state index in [4.69, 9.17) is 4.74 Å². The van der Waals surface area contributed by atoms with Crippen molar-refractivity contribution in [3.63, 3.8) is 0 Å². The molecule has 3 aromatic rings. The molecule has 0 unspecified atom stereocenters. The number of carbonyl (C=O) groups excluding carboxylic acids is 1. The third-order valence-electron chi connectivity index (χ3n) is 4.03. The first-order valence-corrected chi connectivity index (χ1v) is 8.66. The van der Waals surface area contributed by atoms with E-state index in [0.29, 0.717) is 6.54 Å². The third kappa shape index (κ3) is 4.20. The Hall–Kier alpha value is -3.48. The number of nitrogens with zero attached hydrogens (tertiary/aromatic N) is 3. The molecule has 0 saturated heterocycles. The maximum absolute atomic E-state index is 12.7. The Kier molecular flexibility index (Phi) is 5.61. The number of rotatable bonds is 6. The van der Waals surface area contributed by atoms with Crippen LogP contribution in [0.4, 0.5) is 0 Å². The molecule has 2 aromatic carbocycles. The van der Waals surface area contributed by atoms with Crippen LogP contribution >= 0.6 is 0 Å². The predicted molar refractivity (Wildman–Crippen MR) is 101 cm³/mol. The van der Waals surface area contributed by atoms with Crippen LogP contribution in [0.5, 0.6) is 0 Å². The first kappa shape index (κ1) is 18.3. The molecule has 0 bridgehead atoms. The highest BCUT2D eigenvalue weighted by atomic mass is 16.5. The zero-order chi connectivity index (χ0) is 19.2. The number of hydrogen-bond donors (Lipinski definition) is 1. The molecule has 1 aromatic heterocycles. The maximum atomic E-state index is 12.7. The van der Waals surface area contributed by atoms with E-state index in [1.165, 1.54) is 4.68 Å². The summed E-state index contributed by atoms with van der Waals surface area (Å²) < 4.78 is 6.49. The molecule has 0 amide bonds. The number of ether oxygens (including phenoxy) is 1. The minimum absolute atomic E-state index is 0.0948. The number of esters is 1. The van der Waals surface area contributed by atoms with E-state index in [1.807, 2.05) is 61.5 Å². The summed E-state index contributed by atoms with van der Waals surface area (Å²) in [6.45, 7) is 4.15. The van der Waals surface area contributed by atoms with Gasteiger partial charge in [-0.1, -0.05) is 64.9 Å². The molecule has 1 heterocycles. The van der Waals surface area contributed by atoms with Crippen molar-refractivity contribution in [2.75, 3.05) is 6.61 Å². The fourth-order valence-corrected chi connectivity index (χ4v) is 2.63. The van der Waals surface area contributed by atoms with Gasteiger partial charge in [-0.3, -0.25) is 0 Å². The average molecular weight is 365 g/mol. The molecule has 1 N–H and O–H groups in total. The van der Waals surface area contributed by atoms with Crippen molar-refractivity contribution >= 4 is 12.2 Å². The summed E-state index contributed by atoms with van der Waals surface area (Å²) in [5, 5.41) is 7.05. The molecule has 0 aliphatic heterocycles. The summed E-state index contributed by atoms with van der Waals surface area (Å²) in [6.07, 6.45) is 1.58. The van der Waals surface area contributed by atoms with Crippen molar-refractivity contribution in [3.8, 4) is 0 Å². The van der Waals surface area contributed by atoms with Gasteiger partial charge in [-0.25, -0.2) is 9.59 Å². The summed E-state index contributed by atoms with van der Waals surface area (Å²) in [4.78, 5) is 26.0. The van der Waals surface area contributed by atoms with E-state index >= 15 is 0 Å². The minimum Gasteiger partial charge on any atom is -0.459 e. The van der Waals surface area contributed by atoms with Crippen molar-refractivity contribution in [1.29, 1.82) is 0 Å². The largest absolute Gasteiger partial charge is 0.459 e. The van der Waals surface area contributed by atoms with E-state index < -0.39 is 11.5 Å². The molecule has 0 radical (unpaired) electrons. The fourth-order valence-electron chi connectivity index (χ4n) is 2.63. The summed E-state index contributed by atoms with van der Waals surface area (Å²) in [5.74, 6) is -0.681. The van der Waals surface area contributed by atoms with Gasteiger partial charge in [0.1, 0.15) is 6.54 Å². The van der Waals surface area contributed by atoms with Gasteiger partial charge < -0.3 is 4.74 Å². The summed E-state index contributed by atoms with van der Waals surface area (Å²) in [5.41, 5.74) is 2.19. The lowest BCUT2D eigenvalue weighted by Crippen LogP contribution is -2.44. The van der Waals surface area contributed by atoms with Gasteiger partial charge in [0.15, 0.2) is 0 Å². The van der Waals surface area contributed by atoms with E-state index in [-0.39, 0.29) is 12.3 Å². The molecule has 0 spiro atoms. The lowest BCUT2D eigenvalue weighted by molar-refractivity contribution is -0.749. The molecule has 7 nitrogen and oxygen atoms in total. The van der Waals surface area contributed by atoms with Crippen LogP contribution in [-0.4, -0.2) is 28.8 Å². The number of benzene rings is 2. The molecule has 0 aliphatic carbocycles. The second-order valence-corrected chi connectivity index (χ2v) is 5.96. The van der Waals surface area contributed by atoms with Crippen molar-refractivity contribution in [2.24, 2.45) is 5.10 Å². The first-order valence-electron chi connectivity index (χ1n) is 8.66. The van der Waals surface area contributed by atoms with Crippen LogP contribution in [0.3, 0.4) is 0 Å². The Morgan fingerprint density at radius 3 is 2.59 bits per heavy atom. The molecule has 3 rings (SSSR count). The molecule has 7 heteroatoms. The molecule has 27 heavy (non-hydrogen) atoms. The van der Waals surface area contributed by atoms with Gasteiger partial charge in [-0.15, -0.1) is 4.68 Å². The van der Waals surface area contributed by atoms with Crippen molar-refractivity contribution in [2.45, 2.75) is 20.4 Å². The highest BCUT2D eigenvalue weighted by Gasteiger charge is 2.29. The highest BCUT2D eigenvalue weighted by Crippen LogP contribution is 2.03. The Bertz CT molecular complexity index is 1020. The lowest BCUT2D eigenvalue weighted by atomic mass is 10.1. The Morgan fingerprint density at radius 1 is 1.19 bits per heavy atom. The van der Waals surface area contributed by atoms with Crippen LogP contribution in [0, 0.1) is 6.92 Å². The van der Waals surface area contributed by atoms with E-state index in [2.05, 4.69) is 10.3 Å². The smallest absolute Gasteiger partial charge is 0.434 e. The Labute approximate surface area is 156 Å². The molecule has 0 saturated carbocycles. The molecule has 0 atom stereocenters. The predicted octanol–water partition coefficient (Wildman–Crippen LogP) is 1.88. The minimum atomic E-state index is -0.681. The van der Waals surface area contributed by atoms with Gasteiger partial charge in [-0.05, 0) is 30.5 Å². The first-order chi connectivity index (χ1) is 13.1. The third-order valence-corrected chi connectivity index (χ3v) is 4.03. The summed E-state index contributed by atoms with van der Waals surface area (Å²) >= 11 is 0. The number of aromatic nitrogens is 3. The second-order valence-electron chi connectivity index (χ2n) is 5.96. The van der Waals surface area contributed by atoms with Crippen LogP contribution < -0.4 is 10.2 Å². The second kappa shape index (κ2) is 8.27. The Morgan fingerprint density at radius 2 is 1.89 bits per heavy atom. The van der Waals surface area contributed by atoms with E-state index in [0.717, 1.165) is 21.5 Å². The standard InChI is InChI=1S/C20H20N4O3/c1-3-27-20(26)18-19(25)24(21-13-17-12-8-7-9-15(17)2)22-23(18)14-16-10-5-4-6-11-16/h4-13H,3,14H2,1-2H3/p+1/b21-13+. The van der Waals surface area contributed by atoms with Gasteiger partial charge in [0, 0.05) is 4.79 Å². The van der Waals surface area contributed by atoms with E-state index in [9.17, 15) is 9.59 Å². The van der Waals surface area contributed by atoms with Gasteiger partial charge in [0.05, 0.1) is 12.8 Å². The fraction of sp³-hybridized carbons (Fsp3) is 0.200. The number of nitrogens with one attached hydrogen (secondary N) is 1. The van der Waals surface area contributed by atoms with Crippen LogP contribution in [0.2, 0.25) is 0 Å². The number of carbonyl (C=O) groups is 1. The van der Waals surface area contributed by atoms with Crippen molar-refractivity contribution in [3.05, 3.63) is 87.3 Å². The number of hydrogen-bond acceptors (Lipinski definition) is 4. The zero-order valence-electron chi connectivity index (χ0n) is 15.3. The van der Waals surface area contributed by atoms with Crippen LogP contribution in [0.25, 0.3) is 0 Å². The lowest BCUT2D eigenvalue weighted by Gasteiger charge is -2.00. The normalized spacial score (nSPS) is 11.0. The molecule has 138 valence electrons. The maximum Gasteiger partial charge on any atom is 0.434 e. The van der Waals surface area contributed by atoms with Gasteiger partial charge in [-0.2, -0.15) is 0 Å². The SMILES string of the molecule is CCOC(=O)c1c(=O)n(/N=C/c2ccccc2C)[nH][n+]1Cc1ccccc1. The van der Waals surface area contributed by atoms with Crippen LogP contribution in [0.15, 0.2) is 64.5 Å². The molecule has 0 aliphatic rings. The quantitative estimate of drug-likeness (QED) is 0.411. The topological polar surface area (TPSA) is 80.3 Å². The summed E-state index contributed by atoms with van der Waals surface area (Å²) in [6, 6.07) is 17.2. The molecular formula is C20H21N4O3+. The Balaban J connectivity index is 2.00. The number of aryl methyl sites for hydroxylation is 1. The van der Waals surface area contributed by atoms with Gasteiger partial charge in [0.2, 0.25) is 0 Å². The monoisotopic (exact) mass is 365 g/mol. The molecular weight excluding hydrogens is 344 g/mol. The average Bonchev–Trinajstić information content (AvgIpc) is 2.97. The number of aromatic amines is 1. The van der Waals surface area contributed by atoms with E-state index in [1.54, 1.807) is 13.1 Å². The van der Waals surface area contributed by atoms with Crippen molar-refractivity contribution < 1.29 is 14.2 Å². The highest BCUT2D eigenvalue weighted by molar-refractivity contribution is 5.85. The zero-order valence-corrected chi connectivity index (χ0v) is 15.3. The van der Waals surface area contributed by atoms with Crippen molar-refractivity contribution in [1.82, 2.24) is 10.0 Å². The molecule has 0 fully saturated rings.